The molecule has 3 heterocycles. The maximum absolute atomic E-state index is 12.4. The number of carbonyl (C=O) groups excluding carboxylic acids is 2. The average molecular weight is 357 g/mol. The van der Waals surface area contributed by atoms with Gasteiger partial charge in [0.25, 0.3) is 0 Å². The molecule has 25 heavy (non-hydrogen) atoms. The Morgan fingerprint density at radius 2 is 2.36 bits per heavy atom. The van der Waals surface area contributed by atoms with Gasteiger partial charge >= 0.3 is 0 Å². The molecule has 2 aromatic rings. The molecule has 1 aliphatic rings. The molecule has 0 saturated carbocycles. The highest BCUT2D eigenvalue weighted by Crippen LogP contribution is 2.24. The zero-order valence-electron chi connectivity index (χ0n) is 13.7. The Balaban J connectivity index is 1.65. The Kier molecular flexibility index (Phi) is 5.57. The van der Waals surface area contributed by atoms with Gasteiger partial charge in [0.1, 0.15) is 0 Å². The first-order valence-corrected chi connectivity index (χ1v) is 8.86. The largest absolute Gasteiger partial charge is 0.377 e. The van der Waals surface area contributed by atoms with Crippen molar-refractivity contribution >= 4 is 28.8 Å². The van der Waals surface area contributed by atoms with Crippen LogP contribution in [0.25, 0.3) is 10.6 Å². The van der Waals surface area contributed by atoms with Gasteiger partial charge in [-0.25, -0.2) is 0 Å². The van der Waals surface area contributed by atoms with Crippen LogP contribution in [0.15, 0.2) is 48.5 Å². The summed E-state index contributed by atoms with van der Waals surface area (Å²) >= 11 is 1.59. The van der Waals surface area contributed by atoms with Crippen molar-refractivity contribution < 1.29 is 14.3 Å². The summed E-state index contributed by atoms with van der Waals surface area (Å²) in [5.74, 6) is -0.342. The van der Waals surface area contributed by atoms with Gasteiger partial charge in [0, 0.05) is 24.8 Å². The second-order valence-corrected chi connectivity index (χ2v) is 6.57. The van der Waals surface area contributed by atoms with Crippen LogP contribution in [0.1, 0.15) is 6.42 Å². The third-order valence-corrected chi connectivity index (χ3v) is 4.82. The zero-order valence-corrected chi connectivity index (χ0v) is 14.5. The van der Waals surface area contributed by atoms with E-state index < -0.39 is 0 Å². The predicted octanol–water partition coefficient (Wildman–Crippen LogP) is 2.55. The number of amides is 2. The maximum Gasteiger partial charge on any atom is 0.246 e. The summed E-state index contributed by atoms with van der Waals surface area (Å²) in [5, 5.41) is 4.86. The minimum absolute atomic E-state index is 0.166. The Morgan fingerprint density at radius 1 is 1.48 bits per heavy atom. The van der Waals surface area contributed by atoms with E-state index in [1.165, 1.54) is 6.08 Å². The third kappa shape index (κ3) is 4.32. The van der Waals surface area contributed by atoms with Crippen molar-refractivity contribution in [3.63, 3.8) is 0 Å². The summed E-state index contributed by atoms with van der Waals surface area (Å²) in [6.45, 7) is 4.81. The lowest BCUT2D eigenvalue weighted by Crippen LogP contribution is -2.49. The van der Waals surface area contributed by atoms with Crippen LogP contribution in [0.5, 0.6) is 0 Å². The average Bonchev–Trinajstić information content (AvgIpc) is 3.16. The van der Waals surface area contributed by atoms with Crippen molar-refractivity contribution in [2.45, 2.75) is 12.5 Å². The number of ether oxygens (including phenoxy) is 1. The van der Waals surface area contributed by atoms with Gasteiger partial charge in [-0.3, -0.25) is 14.6 Å². The Bertz CT molecular complexity index is 761. The SMILES string of the molecule is C=CC(=O)N1CCOCC1CC(=O)Nc1ccnc(-c2cccs2)c1. The Labute approximate surface area is 150 Å². The van der Waals surface area contributed by atoms with Crippen LogP contribution in [0, 0.1) is 0 Å². The molecule has 0 aromatic carbocycles. The maximum atomic E-state index is 12.4. The molecule has 0 radical (unpaired) electrons. The second kappa shape index (κ2) is 8.04. The number of carbonyl (C=O) groups is 2. The molecule has 130 valence electrons. The molecule has 1 saturated heterocycles. The summed E-state index contributed by atoms with van der Waals surface area (Å²) in [6, 6.07) is 7.25. The first kappa shape index (κ1) is 17.3. The van der Waals surface area contributed by atoms with Gasteiger partial charge in [0.05, 0.1) is 29.8 Å². The summed E-state index contributed by atoms with van der Waals surface area (Å²) in [4.78, 5) is 31.3. The molecule has 1 aliphatic heterocycles. The fourth-order valence-corrected chi connectivity index (χ4v) is 3.42. The van der Waals surface area contributed by atoms with Crippen molar-refractivity contribution in [1.82, 2.24) is 9.88 Å². The van der Waals surface area contributed by atoms with E-state index in [0.717, 1.165) is 10.6 Å². The molecule has 0 spiro atoms. The van der Waals surface area contributed by atoms with Crippen molar-refractivity contribution in [1.29, 1.82) is 0 Å². The van der Waals surface area contributed by atoms with E-state index >= 15 is 0 Å². The number of hydrogen-bond donors (Lipinski definition) is 1. The lowest BCUT2D eigenvalue weighted by molar-refractivity contribution is -0.136. The van der Waals surface area contributed by atoms with Crippen molar-refractivity contribution in [2.24, 2.45) is 0 Å². The molecule has 1 fully saturated rings. The van der Waals surface area contributed by atoms with Gasteiger partial charge in [-0.15, -0.1) is 11.3 Å². The molecule has 0 aliphatic carbocycles. The molecule has 6 nitrogen and oxygen atoms in total. The number of hydrogen-bond acceptors (Lipinski definition) is 5. The first-order chi connectivity index (χ1) is 12.2. The molecule has 3 rings (SSSR count). The minimum atomic E-state index is -0.280. The highest BCUT2D eigenvalue weighted by Gasteiger charge is 2.27. The minimum Gasteiger partial charge on any atom is -0.377 e. The molecule has 1 unspecified atom stereocenters. The smallest absolute Gasteiger partial charge is 0.246 e. The highest BCUT2D eigenvalue weighted by molar-refractivity contribution is 7.13. The van der Waals surface area contributed by atoms with E-state index in [1.807, 2.05) is 23.6 Å². The molecule has 2 amide bonds. The number of nitrogens with zero attached hydrogens (tertiary/aromatic N) is 2. The van der Waals surface area contributed by atoms with Crippen LogP contribution >= 0.6 is 11.3 Å². The quantitative estimate of drug-likeness (QED) is 0.835. The summed E-state index contributed by atoms with van der Waals surface area (Å²) in [7, 11) is 0. The van der Waals surface area contributed by atoms with E-state index in [1.54, 1.807) is 28.5 Å². The topological polar surface area (TPSA) is 71.5 Å². The molecule has 1 N–H and O–H groups in total. The third-order valence-electron chi connectivity index (χ3n) is 3.92. The number of thiophene rings is 1. The van der Waals surface area contributed by atoms with Crippen LogP contribution in [0.3, 0.4) is 0 Å². The number of anilines is 1. The van der Waals surface area contributed by atoms with Crippen molar-refractivity contribution in [3.8, 4) is 10.6 Å². The number of rotatable bonds is 5. The van der Waals surface area contributed by atoms with Crippen LogP contribution in [0.2, 0.25) is 0 Å². The van der Waals surface area contributed by atoms with Crippen LogP contribution in [0.4, 0.5) is 5.69 Å². The normalized spacial score (nSPS) is 17.1. The number of morpholine rings is 1. The standard InChI is InChI=1S/C18H19N3O3S/c1-2-18(23)21-7-8-24-12-14(21)11-17(22)20-13-5-6-19-15(10-13)16-4-3-9-25-16/h2-6,9-10,14H,1,7-8,11-12H2,(H,19,20,22). The van der Waals surface area contributed by atoms with E-state index in [-0.39, 0.29) is 24.3 Å². The molecule has 1 atom stereocenters. The highest BCUT2D eigenvalue weighted by atomic mass is 32.1. The van der Waals surface area contributed by atoms with Crippen LogP contribution < -0.4 is 5.32 Å². The van der Waals surface area contributed by atoms with E-state index in [0.29, 0.717) is 25.4 Å². The second-order valence-electron chi connectivity index (χ2n) is 5.62. The molecular weight excluding hydrogens is 338 g/mol. The lowest BCUT2D eigenvalue weighted by atomic mass is 10.1. The van der Waals surface area contributed by atoms with E-state index in [9.17, 15) is 9.59 Å². The number of nitrogens with one attached hydrogen (secondary N) is 1. The monoisotopic (exact) mass is 357 g/mol. The Morgan fingerprint density at radius 3 is 3.12 bits per heavy atom. The summed E-state index contributed by atoms with van der Waals surface area (Å²) < 4.78 is 5.41. The van der Waals surface area contributed by atoms with E-state index in [2.05, 4.69) is 16.9 Å². The molecular formula is C18H19N3O3S. The number of aromatic nitrogens is 1. The van der Waals surface area contributed by atoms with Crippen molar-refractivity contribution in [2.75, 3.05) is 25.1 Å². The van der Waals surface area contributed by atoms with E-state index in [4.69, 9.17) is 4.74 Å². The Hall–Kier alpha value is -2.51. The summed E-state index contributed by atoms with van der Waals surface area (Å²) in [6.07, 6.45) is 3.12. The van der Waals surface area contributed by atoms with Gasteiger partial charge in [-0.1, -0.05) is 12.6 Å². The predicted molar refractivity (Wildman–Crippen MR) is 97.3 cm³/mol. The summed E-state index contributed by atoms with van der Waals surface area (Å²) in [5.41, 5.74) is 1.50. The fourth-order valence-electron chi connectivity index (χ4n) is 2.72. The van der Waals surface area contributed by atoms with Crippen molar-refractivity contribution in [3.05, 3.63) is 48.5 Å². The first-order valence-electron chi connectivity index (χ1n) is 7.98. The fraction of sp³-hybridized carbons (Fsp3) is 0.278. The lowest BCUT2D eigenvalue weighted by Gasteiger charge is -2.34. The van der Waals surface area contributed by atoms with Gasteiger partial charge in [-0.05, 0) is 29.7 Å². The van der Waals surface area contributed by atoms with Crippen LogP contribution in [-0.4, -0.2) is 47.5 Å². The molecule has 0 bridgehead atoms. The molecule has 7 heteroatoms. The van der Waals surface area contributed by atoms with Gasteiger partial charge in [-0.2, -0.15) is 0 Å². The zero-order chi connectivity index (χ0) is 17.6. The van der Waals surface area contributed by atoms with Crippen LogP contribution in [-0.2, 0) is 14.3 Å². The number of pyridine rings is 1. The van der Waals surface area contributed by atoms with Gasteiger partial charge in [0.2, 0.25) is 11.8 Å². The van der Waals surface area contributed by atoms with Gasteiger partial charge < -0.3 is 15.0 Å². The van der Waals surface area contributed by atoms with Gasteiger partial charge in [0.15, 0.2) is 0 Å². The molecule has 2 aromatic heterocycles.